The third-order valence-electron chi connectivity index (χ3n) is 4.98. The maximum Gasteiger partial charge on any atom is 0.262 e. The average Bonchev–Trinajstić information content (AvgIpc) is 3.13. The Morgan fingerprint density at radius 3 is 2.42 bits per heavy atom. The molecule has 0 spiro atoms. The molecule has 3 rings (SSSR count). The third-order valence-corrected chi connectivity index (χ3v) is 8.24. The summed E-state index contributed by atoms with van der Waals surface area (Å²) in [4.78, 5) is 13.4. The Balaban J connectivity index is 1.77. The Morgan fingerprint density at radius 1 is 1.13 bits per heavy atom. The second-order valence-corrected chi connectivity index (χ2v) is 9.86. The molecule has 0 aliphatic heterocycles. The molecule has 31 heavy (non-hydrogen) atoms. The largest absolute Gasteiger partial charge is 0.380 e. The molecule has 9 heteroatoms. The highest BCUT2D eigenvalue weighted by Gasteiger charge is 2.22. The van der Waals surface area contributed by atoms with Crippen LogP contribution in [0.2, 0.25) is 0 Å². The molecule has 0 bridgehead atoms. The van der Waals surface area contributed by atoms with E-state index in [0.29, 0.717) is 33.6 Å². The van der Waals surface area contributed by atoms with E-state index in [2.05, 4.69) is 5.32 Å². The van der Waals surface area contributed by atoms with Gasteiger partial charge in [-0.15, -0.1) is 11.3 Å². The van der Waals surface area contributed by atoms with E-state index in [-0.39, 0.29) is 29.8 Å². The first-order valence-electron chi connectivity index (χ1n) is 9.89. The molecule has 0 aliphatic rings. The molecule has 3 aromatic rings. The minimum Gasteiger partial charge on any atom is -0.380 e. The number of rotatable bonds is 9. The molecule has 166 valence electrons. The number of carbonyl (C=O) groups is 1. The van der Waals surface area contributed by atoms with Crippen LogP contribution >= 0.6 is 11.3 Å². The minimum atomic E-state index is -3.52. The molecule has 0 radical (unpaired) electrons. The van der Waals surface area contributed by atoms with E-state index in [9.17, 15) is 17.6 Å². The summed E-state index contributed by atoms with van der Waals surface area (Å²) >= 11 is 1.22. The summed E-state index contributed by atoms with van der Waals surface area (Å²) in [5.41, 5.74) is 1.28. The summed E-state index contributed by atoms with van der Waals surface area (Å²) in [5, 5.41) is 3.24. The highest BCUT2D eigenvalue weighted by atomic mass is 32.2. The van der Waals surface area contributed by atoms with Crippen LogP contribution in [0, 0.1) is 5.82 Å². The second kappa shape index (κ2) is 9.86. The number of ether oxygens (including phenoxy) is 1. The van der Waals surface area contributed by atoms with Gasteiger partial charge in [0.25, 0.3) is 5.91 Å². The van der Waals surface area contributed by atoms with E-state index in [4.69, 9.17) is 4.74 Å². The molecule has 1 N–H and O–H groups in total. The lowest BCUT2D eigenvalue weighted by Crippen LogP contribution is -2.30. The number of amides is 1. The monoisotopic (exact) mass is 464 g/mol. The number of methoxy groups -OCH3 is 1. The van der Waals surface area contributed by atoms with Crippen molar-refractivity contribution in [3.8, 4) is 0 Å². The predicted molar refractivity (Wildman–Crippen MR) is 120 cm³/mol. The first-order chi connectivity index (χ1) is 14.8. The zero-order valence-electron chi connectivity index (χ0n) is 17.6. The van der Waals surface area contributed by atoms with Crippen molar-refractivity contribution >= 4 is 37.4 Å². The van der Waals surface area contributed by atoms with Crippen molar-refractivity contribution in [3.63, 3.8) is 0 Å². The van der Waals surface area contributed by atoms with Crippen LogP contribution in [0.3, 0.4) is 0 Å². The number of hydrogen-bond acceptors (Lipinski definition) is 5. The van der Waals surface area contributed by atoms with Crippen molar-refractivity contribution in [1.29, 1.82) is 0 Å². The fourth-order valence-corrected chi connectivity index (χ4v) is 5.98. The Morgan fingerprint density at radius 2 is 1.81 bits per heavy atom. The summed E-state index contributed by atoms with van der Waals surface area (Å²) in [7, 11) is -2.02. The zero-order valence-corrected chi connectivity index (χ0v) is 19.3. The number of nitrogens with zero attached hydrogens (tertiary/aromatic N) is 1. The van der Waals surface area contributed by atoms with Crippen LogP contribution in [0.15, 0.2) is 47.4 Å². The van der Waals surface area contributed by atoms with E-state index in [0.717, 1.165) is 5.56 Å². The molecule has 1 heterocycles. The molecular formula is C22H25FN2O4S2. The average molecular weight is 465 g/mol. The fraction of sp³-hybridized carbons (Fsp3) is 0.318. The van der Waals surface area contributed by atoms with E-state index in [1.54, 1.807) is 50.2 Å². The lowest BCUT2D eigenvalue weighted by atomic mass is 10.1. The van der Waals surface area contributed by atoms with Gasteiger partial charge in [0.2, 0.25) is 10.0 Å². The molecule has 2 aromatic carbocycles. The van der Waals surface area contributed by atoms with Gasteiger partial charge in [-0.3, -0.25) is 4.79 Å². The van der Waals surface area contributed by atoms with Crippen LogP contribution in [-0.2, 0) is 27.9 Å². The SMILES string of the molecule is CCN(CC)S(=O)(=O)c1ccc(CNC(=O)c2sc3cccc(F)c3c2COC)cc1. The first kappa shape index (κ1) is 23.3. The van der Waals surface area contributed by atoms with Crippen molar-refractivity contribution in [3.05, 3.63) is 64.3 Å². The van der Waals surface area contributed by atoms with Gasteiger partial charge in [0.1, 0.15) is 5.82 Å². The number of carbonyl (C=O) groups excluding carboxylic acids is 1. The van der Waals surface area contributed by atoms with Gasteiger partial charge < -0.3 is 10.1 Å². The molecule has 0 atom stereocenters. The Labute approximate surface area is 185 Å². The molecule has 1 aromatic heterocycles. The Kier molecular flexibility index (Phi) is 7.42. The highest BCUT2D eigenvalue weighted by molar-refractivity contribution is 7.89. The lowest BCUT2D eigenvalue weighted by molar-refractivity contribution is 0.0950. The van der Waals surface area contributed by atoms with Crippen molar-refractivity contribution in [1.82, 2.24) is 9.62 Å². The Bertz CT molecular complexity index is 1170. The summed E-state index contributed by atoms with van der Waals surface area (Å²) in [5.74, 6) is -0.711. The second-order valence-electron chi connectivity index (χ2n) is 6.87. The van der Waals surface area contributed by atoms with E-state index < -0.39 is 10.0 Å². The van der Waals surface area contributed by atoms with Gasteiger partial charge in [-0.05, 0) is 29.8 Å². The number of fused-ring (bicyclic) bond motifs is 1. The number of hydrogen-bond donors (Lipinski definition) is 1. The summed E-state index contributed by atoms with van der Waals surface area (Å²) in [6.45, 7) is 4.73. The van der Waals surface area contributed by atoms with Gasteiger partial charge in [0.15, 0.2) is 0 Å². The highest BCUT2D eigenvalue weighted by Crippen LogP contribution is 2.33. The van der Waals surface area contributed by atoms with Crippen LogP contribution in [0.5, 0.6) is 0 Å². The number of benzene rings is 2. The van der Waals surface area contributed by atoms with Gasteiger partial charge in [-0.25, -0.2) is 12.8 Å². The quantitative estimate of drug-likeness (QED) is 0.516. The maximum atomic E-state index is 14.3. The van der Waals surface area contributed by atoms with Crippen LogP contribution in [0.1, 0.15) is 34.6 Å². The van der Waals surface area contributed by atoms with Gasteiger partial charge >= 0.3 is 0 Å². The van der Waals surface area contributed by atoms with Crippen LogP contribution in [0.25, 0.3) is 10.1 Å². The molecule has 1 amide bonds. The van der Waals surface area contributed by atoms with E-state index in [1.807, 2.05) is 0 Å². The third kappa shape index (κ3) is 4.79. The lowest BCUT2D eigenvalue weighted by Gasteiger charge is -2.18. The van der Waals surface area contributed by atoms with Gasteiger partial charge in [0, 0.05) is 42.4 Å². The minimum absolute atomic E-state index is 0.127. The van der Waals surface area contributed by atoms with Crippen molar-refractivity contribution in [2.75, 3.05) is 20.2 Å². The van der Waals surface area contributed by atoms with Gasteiger partial charge in [0.05, 0.1) is 16.4 Å². The number of thiophene rings is 1. The molecule has 0 aliphatic carbocycles. The number of nitrogens with one attached hydrogen (secondary N) is 1. The van der Waals surface area contributed by atoms with E-state index >= 15 is 0 Å². The summed E-state index contributed by atoms with van der Waals surface area (Å²) < 4.78 is 46.7. The topological polar surface area (TPSA) is 75.7 Å². The summed E-state index contributed by atoms with van der Waals surface area (Å²) in [6, 6.07) is 11.2. The first-order valence-corrected chi connectivity index (χ1v) is 12.1. The van der Waals surface area contributed by atoms with Gasteiger partial charge in [-0.1, -0.05) is 32.0 Å². The smallest absolute Gasteiger partial charge is 0.262 e. The molecular weight excluding hydrogens is 439 g/mol. The molecule has 0 unspecified atom stereocenters. The van der Waals surface area contributed by atoms with Crippen LogP contribution in [-0.4, -0.2) is 38.8 Å². The van der Waals surface area contributed by atoms with Crippen molar-refractivity contribution in [2.45, 2.75) is 31.9 Å². The van der Waals surface area contributed by atoms with Crippen molar-refractivity contribution in [2.24, 2.45) is 0 Å². The normalized spacial score (nSPS) is 11.9. The number of sulfonamides is 1. The predicted octanol–water partition coefficient (Wildman–Crippen LogP) is 4.15. The van der Waals surface area contributed by atoms with Crippen LogP contribution in [0.4, 0.5) is 4.39 Å². The van der Waals surface area contributed by atoms with Crippen LogP contribution < -0.4 is 5.32 Å². The molecule has 0 fully saturated rings. The van der Waals surface area contributed by atoms with Crippen molar-refractivity contribution < 1.29 is 22.3 Å². The molecule has 6 nitrogen and oxygen atoms in total. The summed E-state index contributed by atoms with van der Waals surface area (Å²) in [6.07, 6.45) is 0. The standard InChI is InChI=1S/C22H25FN2O4S2/c1-4-25(5-2)31(27,28)16-11-9-15(10-12-16)13-24-22(26)21-17(14-29-3)20-18(23)7-6-8-19(20)30-21/h6-12H,4-5,13-14H2,1-3H3,(H,24,26). The van der Waals surface area contributed by atoms with Gasteiger partial charge in [-0.2, -0.15) is 4.31 Å². The zero-order chi connectivity index (χ0) is 22.6. The Hall–Kier alpha value is -2.33. The molecule has 0 saturated heterocycles. The molecule has 0 saturated carbocycles. The fourth-order valence-electron chi connectivity index (χ4n) is 3.39. The maximum absolute atomic E-state index is 14.3. The van der Waals surface area contributed by atoms with E-state index in [1.165, 1.54) is 28.8 Å². The number of halogens is 1.